The van der Waals surface area contributed by atoms with Gasteiger partial charge in [-0.1, -0.05) is 19.1 Å². The first kappa shape index (κ1) is 18.2. The first-order valence-corrected chi connectivity index (χ1v) is 7.48. The first-order valence-electron chi connectivity index (χ1n) is 7.48. The number of halogens is 2. The number of rotatable bonds is 6. The summed E-state index contributed by atoms with van der Waals surface area (Å²) in [5.41, 5.74) is 1.04. The largest absolute Gasteiger partial charge is 0.357 e. The molecule has 0 amide bonds. The second kappa shape index (κ2) is 9.23. The van der Waals surface area contributed by atoms with Crippen LogP contribution in [0.5, 0.6) is 0 Å². The zero-order valence-corrected chi connectivity index (χ0v) is 15.1. The van der Waals surface area contributed by atoms with Gasteiger partial charge in [0.2, 0.25) is 0 Å². The molecule has 2 unspecified atom stereocenters. The third kappa shape index (κ3) is 6.63. The fourth-order valence-corrected chi connectivity index (χ4v) is 2.19. The van der Waals surface area contributed by atoms with Gasteiger partial charge in [-0.3, -0.25) is 4.99 Å². The van der Waals surface area contributed by atoms with Gasteiger partial charge in [0.1, 0.15) is 5.82 Å². The van der Waals surface area contributed by atoms with E-state index in [1.807, 2.05) is 6.07 Å². The number of hydrogen-bond acceptors (Lipinski definition) is 1. The summed E-state index contributed by atoms with van der Waals surface area (Å²) in [4.78, 5) is 4.57. The van der Waals surface area contributed by atoms with E-state index in [2.05, 4.69) is 29.5 Å². The number of benzene rings is 1. The summed E-state index contributed by atoms with van der Waals surface area (Å²) >= 11 is 0. The van der Waals surface area contributed by atoms with Crippen LogP contribution in [0.4, 0.5) is 4.39 Å². The van der Waals surface area contributed by atoms with E-state index in [-0.39, 0.29) is 29.8 Å². The lowest BCUT2D eigenvalue weighted by Gasteiger charge is -2.10. The Balaban J connectivity index is 0.00000220. The van der Waals surface area contributed by atoms with Gasteiger partial charge < -0.3 is 10.6 Å². The first-order chi connectivity index (χ1) is 9.69. The van der Waals surface area contributed by atoms with Gasteiger partial charge in [-0.25, -0.2) is 4.39 Å². The summed E-state index contributed by atoms with van der Waals surface area (Å²) in [7, 11) is 0. The second-order valence-electron chi connectivity index (χ2n) is 5.46. The SMILES string of the molecule is CCNC(=NCCCc1cccc(F)c1)NC1CC1C.I. The molecular weight excluding hydrogens is 380 g/mol. The van der Waals surface area contributed by atoms with Crippen LogP contribution in [0.15, 0.2) is 29.3 Å². The smallest absolute Gasteiger partial charge is 0.191 e. The van der Waals surface area contributed by atoms with Gasteiger partial charge in [-0.05, 0) is 49.8 Å². The van der Waals surface area contributed by atoms with Gasteiger partial charge >= 0.3 is 0 Å². The Morgan fingerprint density at radius 2 is 2.19 bits per heavy atom. The predicted octanol–water partition coefficient (Wildman–Crippen LogP) is 3.34. The van der Waals surface area contributed by atoms with Crippen molar-refractivity contribution in [3.8, 4) is 0 Å². The number of nitrogens with one attached hydrogen (secondary N) is 2. The third-order valence-electron chi connectivity index (χ3n) is 3.56. The molecule has 0 saturated heterocycles. The van der Waals surface area contributed by atoms with Crippen LogP contribution in [-0.2, 0) is 6.42 Å². The molecule has 2 rings (SSSR count). The molecule has 5 heteroatoms. The Hall–Kier alpha value is -0.850. The lowest BCUT2D eigenvalue weighted by Crippen LogP contribution is -2.39. The number of guanidine groups is 1. The van der Waals surface area contributed by atoms with Crippen LogP contribution < -0.4 is 10.6 Å². The molecule has 3 nitrogen and oxygen atoms in total. The summed E-state index contributed by atoms with van der Waals surface area (Å²) in [6, 6.07) is 7.37. The maximum Gasteiger partial charge on any atom is 0.191 e. The van der Waals surface area contributed by atoms with Gasteiger partial charge in [-0.2, -0.15) is 0 Å². The van der Waals surface area contributed by atoms with Crippen molar-refractivity contribution in [3.63, 3.8) is 0 Å². The van der Waals surface area contributed by atoms with E-state index in [9.17, 15) is 4.39 Å². The highest BCUT2D eigenvalue weighted by Gasteiger charge is 2.33. The molecule has 1 aliphatic carbocycles. The maximum absolute atomic E-state index is 13.0. The third-order valence-corrected chi connectivity index (χ3v) is 3.56. The Labute approximate surface area is 143 Å². The summed E-state index contributed by atoms with van der Waals surface area (Å²) in [6.45, 7) is 5.94. The lowest BCUT2D eigenvalue weighted by molar-refractivity contribution is 0.624. The van der Waals surface area contributed by atoms with Crippen LogP contribution in [0.25, 0.3) is 0 Å². The number of aryl methyl sites for hydroxylation is 1. The Morgan fingerprint density at radius 3 is 2.81 bits per heavy atom. The molecule has 0 bridgehead atoms. The summed E-state index contributed by atoms with van der Waals surface area (Å²) in [6.07, 6.45) is 3.02. The van der Waals surface area contributed by atoms with Crippen molar-refractivity contribution in [2.24, 2.45) is 10.9 Å². The van der Waals surface area contributed by atoms with E-state index in [0.717, 1.165) is 43.4 Å². The molecule has 1 aromatic rings. The fourth-order valence-electron chi connectivity index (χ4n) is 2.19. The van der Waals surface area contributed by atoms with E-state index in [4.69, 9.17) is 0 Å². The molecule has 118 valence electrons. The van der Waals surface area contributed by atoms with Crippen molar-refractivity contribution < 1.29 is 4.39 Å². The van der Waals surface area contributed by atoms with Crippen LogP contribution >= 0.6 is 24.0 Å². The Bertz CT molecular complexity index is 465. The summed E-state index contributed by atoms with van der Waals surface area (Å²) in [5, 5.41) is 6.69. The van der Waals surface area contributed by atoms with Crippen LogP contribution in [0.1, 0.15) is 32.3 Å². The molecule has 2 N–H and O–H groups in total. The zero-order chi connectivity index (χ0) is 14.4. The fraction of sp³-hybridized carbons (Fsp3) is 0.562. The topological polar surface area (TPSA) is 36.4 Å². The van der Waals surface area contributed by atoms with E-state index in [1.54, 1.807) is 12.1 Å². The van der Waals surface area contributed by atoms with Crippen molar-refractivity contribution in [1.82, 2.24) is 10.6 Å². The van der Waals surface area contributed by atoms with Crippen molar-refractivity contribution in [2.75, 3.05) is 13.1 Å². The highest BCUT2D eigenvalue weighted by molar-refractivity contribution is 14.0. The number of aliphatic imine (C=N–C) groups is 1. The summed E-state index contributed by atoms with van der Waals surface area (Å²) < 4.78 is 13.0. The molecule has 1 saturated carbocycles. The molecule has 0 heterocycles. The quantitative estimate of drug-likeness (QED) is 0.330. The van der Waals surface area contributed by atoms with E-state index in [1.165, 1.54) is 12.5 Å². The van der Waals surface area contributed by atoms with Gasteiger partial charge in [0.05, 0.1) is 0 Å². The standard InChI is InChI=1S/C16H24FN3.HI/c1-3-18-16(20-15-10-12(15)2)19-9-5-7-13-6-4-8-14(17)11-13;/h4,6,8,11-12,15H,3,5,7,9-10H2,1-2H3,(H2,18,19,20);1H. The second-order valence-corrected chi connectivity index (χ2v) is 5.46. The molecule has 21 heavy (non-hydrogen) atoms. The average molecular weight is 405 g/mol. The minimum atomic E-state index is -0.163. The molecule has 1 aromatic carbocycles. The summed E-state index contributed by atoms with van der Waals surface area (Å²) in [5.74, 6) is 1.50. The predicted molar refractivity (Wildman–Crippen MR) is 96.8 cm³/mol. The molecule has 1 aliphatic rings. The van der Waals surface area contributed by atoms with Crippen molar-refractivity contribution in [3.05, 3.63) is 35.6 Å². The van der Waals surface area contributed by atoms with Crippen molar-refractivity contribution in [2.45, 2.75) is 39.2 Å². The molecule has 0 aliphatic heterocycles. The van der Waals surface area contributed by atoms with Crippen molar-refractivity contribution >= 4 is 29.9 Å². The Kier molecular flexibility index (Phi) is 8.00. The van der Waals surface area contributed by atoms with Gasteiger partial charge in [0, 0.05) is 19.1 Å². The minimum Gasteiger partial charge on any atom is -0.357 e. The van der Waals surface area contributed by atoms with Gasteiger partial charge in [0.25, 0.3) is 0 Å². The molecule has 0 aromatic heterocycles. The highest BCUT2D eigenvalue weighted by Crippen LogP contribution is 2.28. The average Bonchev–Trinajstić information content (AvgIpc) is 3.10. The highest BCUT2D eigenvalue weighted by atomic mass is 127. The molecular formula is C16H25FIN3. The van der Waals surface area contributed by atoms with Crippen LogP contribution in [0.3, 0.4) is 0 Å². The van der Waals surface area contributed by atoms with E-state index in [0.29, 0.717) is 6.04 Å². The molecule has 1 fully saturated rings. The van der Waals surface area contributed by atoms with Crippen LogP contribution in [-0.4, -0.2) is 25.1 Å². The van der Waals surface area contributed by atoms with Gasteiger partial charge in [0.15, 0.2) is 5.96 Å². The van der Waals surface area contributed by atoms with E-state index < -0.39 is 0 Å². The normalized spacial score (nSPS) is 20.6. The van der Waals surface area contributed by atoms with Crippen LogP contribution in [0, 0.1) is 11.7 Å². The van der Waals surface area contributed by atoms with Crippen LogP contribution in [0.2, 0.25) is 0 Å². The van der Waals surface area contributed by atoms with Gasteiger partial charge in [-0.15, -0.1) is 24.0 Å². The monoisotopic (exact) mass is 405 g/mol. The molecule has 0 spiro atoms. The zero-order valence-electron chi connectivity index (χ0n) is 12.7. The number of hydrogen-bond donors (Lipinski definition) is 2. The van der Waals surface area contributed by atoms with E-state index >= 15 is 0 Å². The van der Waals surface area contributed by atoms with Crippen molar-refractivity contribution in [1.29, 1.82) is 0 Å². The Morgan fingerprint density at radius 1 is 1.43 bits per heavy atom. The number of nitrogens with zero attached hydrogens (tertiary/aromatic N) is 1. The minimum absolute atomic E-state index is 0. The maximum atomic E-state index is 13.0. The molecule has 2 atom stereocenters. The molecule has 0 radical (unpaired) electrons. The lowest BCUT2D eigenvalue weighted by atomic mass is 10.1.